The van der Waals surface area contributed by atoms with Gasteiger partial charge >= 0.3 is 0 Å². The lowest BCUT2D eigenvalue weighted by molar-refractivity contribution is -0.118. The van der Waals surface area contributed by atoms with Gasteiger partial charge in [-0.2, -0.15) is 0 Å². The maximum absolute atomic E-state index is 13.7. The molecule has 0 saturated carbocycles. The van der Waals surface area contributed by atoms with Crippen molar-refractivity contribution in [3.63, 3.8) is 0 Å². The molecule has 0 aliphatic heterocycles. The molecule has 0 aliphatic rings. The highest BCUT2D eigenvalue weighted by Crippen LogP contribution is 2.26. The highest BCUT2D eigenvalue weighted by Gasteiger charge is 2.18. The lowest BCUT2D eigenvalue weighted by Crippen LogP contribution is -2.22. The molecule has 1 aromatic heterocycles. The summed E-state index contributed by atoms with van der Waals surface area (Å²) in [7, 11) is -3.76. The van der Waals surface area contributed by atoms with E-state index in [0.29, 0.717) is 4.47 Å². The number of rotatable bonds is 7. The molecule has 2 N–H and O–H groups in total. The fourth-order valence-corrected chi connectivity index (χ4v) is 4.62. The Hall–Kier alpha value is -2.43. The van der Waals surface area contributed by atoms with Gasteiger partial charge in [0.15, 0.2) is 18.2 Å². The molecule has 0 atom stereocenters. The number of carbonyl (C=O) groups is 1. The quantitative estimate of drug-likeness (QED) is 0.518. The minimum Gasteiger partial charge on any atom is -0.481 e. The fourth-order valence-electron chi connectivity index (χ4n) is 2.21. The third kappa shape index (κ3) is 5.09. The van der Waals surface area contributed by atoms with Crippen molar-refractivity contribution in [2.24, 2.45) is 0 Å². The molecule has 0 spiro atoms. The summed E-state index contributed by atoms with van der Waals surface area (Å²) in [5.41, 5.74) is 0.464. The van der Waals surface area contributed by atoms with E-state index in [1.165, 1.54) is 24.3 Å². The van der Waals surface area contributed by atoms with Crippen LogP contribution < -0.4 is 14.8 Å². The molecule has 0 unspecified atom stereocenters. The molecule has 10 heteroatoms. The van der Waals surface area contributed by atoms with Gasteiger partial charge in [-0.15, -0.1) is 11.3 Å². The normalized spacial score (nSPS) is 11.1. The first-order valence-electron chi connectivity index (χ1n) is 7.88. The van der Waals surface area contributed by atoms with E-state index in [4.69, 9.17) is 4.74 Å². The minimum atomic E-state index is -3.76. The van der Waals surface area contributed by atoms with Gasteiger partial charge in [-0.1, -0.05) is 34.1 Å². The van der Waals surface area contributed by atoms with E-state index < -0.39 is 28.4 Å². The number of anilines is 2. The number of ether oxygens (including phenoxy) is 1. The predicted molar refractivity (Wildman–Crippen MR) is 110 cm³/mol. The Morgan fingerprint density at radius 3 is 2.54 bits per heavy atom. The molecule has 1 heterocycles. The summed E-state index contributed by atoms with van der Waals surface area (Å²) in [6, 6.07) is 13.7. The van der Waals surface area contributed by atoms with E-state index in [0.717, 1.165) is 11.3 Å². The van der Waals surface area contributed by atoms with Gasteiger partial charge in [0, 0.05) is 4.47 Å². The standard InChI is InChI=1S/C18H14BrFN2O4S2/c19-12-7-8-16(13(20)10-12)26-11-17(23)21-14-4-1-2-5-15(14)22-28(24,25)18-6-3-9-27-18/h1-10,22H,11H2,(H,21,23). The summed E-state index contributed by atoms with van der Waals surface area (Å²) >= 11 is 4.22. The second kappa shape index (κ2) is 8.72. The van der Waals surface area contributed by atoms with Crippen LogP contribution in [0.15, 0.2) is 68.7 Å². The lowest BCUT2D eigenvalue weighted by Gasteiger charge is -2.13. The summed E-state index contributed by atoms with van der Waals surface area (Å²) in [5.74, 6) is -1.23. The smallest absolute Gasteiger partial charge is 0.271 e. The molecule has 28 heavy (non-hydrogen) atoms. The van der Waals surface area contributed by atoms with Gasteiger partial charge in [0.05, 0.1) is 11.4 Å². The second-order valence-electron chi connectivity index (χ2n) is 5.49. The van der Waals surface area contributed by atoms with Crippen LogP contribution in [-0.4, -0.2) is 20.9 Å². The zero-order chi connectivity index (χ0) is 20.1. The SMILES string of the molecule is O=C(COc1ccc(Br)cc1F)Nc1ccccc1NS(=O)(=O)c1cccs1. The van der Waals surface area contributed by atoms with E-state index in [2.05, 4.69) is 26.0 Å². The number of hydrogen-bond acceptors (Lipinski definition) is 5. The Bertz CT molecular complexity index is 1090. The molecular weight excluding hydrogens is 471 g/mol. The molecule has 2 aromatic carbocycles. The monoisotopic (exact) mass is 484 g/mol. The third-order valence-electron chi connectivity index (χ3n) is 3.46. The molecule has 6 nitrogen and oxygen atoms in total. The van der Waals surface area contributed by atoms with Crippen molar-refractivity contribution in [3.8, 4) is 5.75 Å². The van der Waals surface area contributed by atoms with E-state index in [9.17, 15) is 17.6 Å². The van der Waals surface area contributed by atoms with Gasteiger partial charge in [0.2, 0.25) is 0 Å². The molecule has 1 amide bonds. The molecule has 0 fully saturated rings. The van der Waals surface area contributed by atoms with Crippen LogP contribution in [0.1, 0.15) is 0 Å². The van der Waals surface area contributed by atoms with Crippen molar-refractivity contribution < 1.29 is 22.3 Å². The summed E-state index contributed by atoms with van der Waals surface area (Å²) in [6.45, 7) is -0.440. The van der Waals surface area contributed by atoms with Crippen LogP contribution in [0.3, 0.4) is 0 Å². The van der Waals surface area contributed by atoms with Crippen LogP contribution >= 0.6 is 27.3 Å². The number of benzene rings is 2. The number of nitrogens with one attached hydrogen (secondary N) is 2. The molecule has 0 saturated heterocycles. The Morgan fingerprint density at radius 2 is 1.86 bits per heavy atom. The van der Waals surface area contributed by atoms with Crippen molar-refractivity contribution >= 4 is 54.6 Å². The average molecular weight is 485 g/mol. The highest BCUT2D eigenvalue weighted by molar-refractivity contribution is 9.10. The molecule has 3 aromatic rings. The van der Waals surface area contributed by atoms with Gasteiger partial charge in [0.25, 0.3) is 15.9 Å². The minimum absolute atomic E-state index is 0.0648. The molecule has 0 radical (unpaired) electrons. The first-order valence-corrected chi connectivity index (χ1v) is 11.0. The summed E-state index contributed by atoms with van der Waals surface area (Å²) in [6.07, 6.45) is 0. The molecule has 0 aliphatic carbocycles. The third-order valence-corrected chi connectivity index (χ3v) is 6.71. The number of sulfonamides is 1. The topological polar surface area (TPSA) is 84.5 Å². The van der Waals surface area contributed by atoms with Crippen molar-refractivity contribution in [2.45, 2.75) is 4.21 Å². The van der Waals surface area contributed by atoms with Crippen molar-refractivity contribution in [1.82, 2.24) is 0 Å². The van der Waals surface area contributed by atoms with Crippen molar-refractivity contribution in [3.05, 3.63) is 70.3 Å². The van der Waals surface area contributed by atoms with Gasteiger partial charge < -0.3 is 10.1 Å². The number of hydrogen-bond donors (Lipinski definition) is 2. The van der Waals surface area contributed by atoms with Crippen LogP contribution in [0.2, 0.25) is 0 Å². The first kappa shape index (κ1) is 20.3. The van der Waals surface area contributed by atoms with Gasteiger partial charge in [-0.05, 0) is 41.8 Å². The van der Waals surface area contributed by atoms with Crippen LogP contribution in [-0.2, 0) is 14.8 Å². The van der Waals surface area contributed by atoms with Gasteiger partial charge in [0.1, 0.15) is 4.21 Å². The number of halogens is 2. The zero-order valence-electron chi connectivity index (χ0n) is 14.2. The van der Waals surface area contributed by atoms with E-state index in [1.54, 1.807) is 35.7 Å². The maximum atomic E-state index is 13.7. The predicted octanol–water partition coefficient (Wildman–Crippen LogP) is 4.47. The van der Waals surface area contributed by atoms with Gasteiger partial charge in [-0.3, -0.25) is 9.52 Å². The molecule has 0 bridgehead atoms. The van der Waals surface area contributed by atoms with E-state index >= 15 is 0 Å². The Kier molecular flexibility index (Phi) is 6.32. The average Bonchev–Trinajstić information content (AvgIpc) is 3.18. The summed E-state index contributed by atoms with van der Waals surface area (Å²) in [5, 5.41) is 4.21. The molecule has 146 valence electrons. The molecule has 3 rings (SSSR count). The Balaban J connectivity index is 1.68. The van der Waals surface area contributed by atoms with Crippen LogP contribution in [0.4, 0.5) is 15.8 Å². The first-order chi connectivity index (χ1) is 13.3. The van der Waals surface area contributed by atoms with Gasteiger partial charge in [-0.25, -0.2) is 12.8 Å². The zero-order valence-corrected chi connectivity index (χ0v) is 17.4. The second-order valence-corrected chi connectivity index (χ2v) is 9.27. The highest BCUT2D eigenvalue weighted by atomic mass is 79.9. The Labute approximate surface area is 173 Å². The number of thiophene rings is 1. The van der Waals surface area contributed by atoms with E-state index in [-0.39, 0.29) is 21.3 Å². The van der Waals surface area contributed by atoms with Crippen molar-refractivity contribution in [1.29, 1.82) is 0 Å². The summed E-state index contributed by atoms with van der Waals surface area (Å²) in [4.78, 5) is 12.2. The maximum Gasteiger partial charge on any atom is 0.271 e. The van der Waals surface area contributed by atoms with Crippen LogP contribution in [0, 0.1) is 5.82 Å². The van der Waals surface area contributed by atoms with E-state index in [1.807, 2.05) is 0 Å². The number of para-hydroxylation sites is 2. The van der Waals surface area contributed by atoms with Crippen LogP contribution in [0.25, 0.3) is 0 Å². The Morgan fingerprint density at radius 1 is 1.11 bits per heavy atom. The fraction of sp³-hybridized carbons (Fsp3) is 0.0556. The summed E-state index contributed by atoms with van der Waals surface area (Å²) < 4.78 is 46.9. The lowest BCUT2D eigenvalue weighted by atomic mass is 10.2. The van der Waals surface area contributed by atoms with Crippen molar-refractivity contribution in [2.75, 3.05) is 16.6 Å². The largest absolute Gasteiger partial charge is 0.481 e. The molecular formula is C18H14BrFN2O4S2. The number of amides is 1. The number of carbonyl (C=O) groups excluding carboxylic acids is 1. The van der Waals surface area contributed by atoms with Crippen LogP contribution in [0.5, 0.6) is 5.75 Å².